The Labute approximate surface area is 210 Å². The Bertz CT molecular complexity index is 1390. The third-order valence-corrected chi connectivity index (χ3v) is 5.97. The van der Waals surface area contributed by atoms with Gasteiger partial charge in [-0.2, -0.15) is 4.57 Å². The third kappa shape index (κ3) is 7.72. The van der Waals surface area contributed by atoms with Crippen molar-refractivity contribution in [3.05, 3.63) is 140 Å². The molecule has 2 aromatic heterocycles. The summed E-state index contributed by atoms with van der Waals surface area (Å²) < 4.78 is 18.2. The summed E-state index contributed by atoms with van der Waals surface area (Å²) in [4.78, 5) is 23.6. The number of nitrogens with one attached hydrogen (secondary N) is 1. The van der Waals surface area contributed by atoms with Crippen LogP contribution in [0.15, 0.2) is 134 Å². The van der Waals surface area contributed by atoms with Gasteiger partial charge in [0.25, 0.3) is 0 Å². The van der Waals surface area contributed by atoms with E-state index < -0.39 is 13.8 Å². The molecule has 36 heavy (non-hydrogen) atoms. The first-order chi connectivity index (χ1) is 17.5. The highest BCUT2D eigenvalue weighted by atomic mass is 31.2. The second-order valence-corrected chi connectivity index (χ2v) is 9.48. The Morgan fingerprint density at radius 2 is 1.19 bits per heavy atom. The highest BCUT2D eigenvalue weighted by molar-refractivity contribution is 7.47. The highest BCUT2D eigenvalue weighted by Crippen LogP contribution is 2.28. The van der Waals surface area contributed by atoms with Crippen LogP contribution >= 0.6 is 7.60 Å². The van der Waals surface area contributed by atoms with Gasteiger partial charge in [-0.3, -0.25) is 0 Å². The lowest BCUT2D eigenvalue weighted by molar-refractivity contribution is -0.595. The van der Waals surface area contributed by atoms with Crippen molar-refractivity contribution in [1.82, 2.24) is 0 Å². The molecule has 180 valence electrons. The molecule has 7 heteroatoms. The average molecular weight is 497 g/mol. The number of H-pyrrole nitrogens is 1. The number of pyridine rings is 2. The average Bonchev–Trinajstić information content (AvgIpc) is 2.90. The van der Waals surface area contributed by atoms with Crippen molar-refractivity contribution >= 4 is 7.60 Å². The Balaban J connectivity index is 0.000000233. The zero-order valence-electron chi connectivity index (χ0n) is 19.4. The molecule has 0 radical (unpaired) electrons. The van der Waals surface area contributed by atoms with E-state index in [-0.39, 0.29) is 0 Å². The van der Waals surface area contributed by atoms with E-state index in [1.54, 1.807) is 30.3 Å². The van der Waals surface area contributed by atoms with Gasteiger partial charge in [-0.15, -0.1) is 0 Å². The fraction of sp³-hybridized carbons (Fsp3) is 0.0345. The molecule has 0 fully saturated rings. The Morgan fingerprint density at radius 1 is 0.667 bits per heavy atom. The minimum atomic E-state index is -4.39. The summed E-state index contributed by atoms with van der Waals surface area (Å²) in [5.74, 6) is 1.67. The number of para-hydroxylation sites is 1. The maximum atomic E-state index is 10.3. The third-order valence-electron chi connectivity index (χ3n) is 5.21. The molecule has 0 aliphatic heterocycles. The first-order valence-electron chi connectivity index (χ1n) is 11.3. The molecule has 0 atom stereocenters. The SMILES string of the molecule is O=P([O-])([O-])Cc1ccccc1.c1ccc(Oc2ccc(-[n+]3ccc(-c4cc[nH+]cc4)cc3)cc2)cc1. The van der Waals surface area contributed by atoms with Gasteiger partial charge in [-0.25, -0.2) is 4.98 Å². The first kappa shape index (κ1) is 25.0. The van der Waals surface area contributed by atoms with Crippen LogP contribution in [0.5, 0.6) is 11.5 Å². The van der Waals surface area contributed by atoms with Crippen LogP contribution in [0.3, 0.4) is 0 Å². The van der Waals surface area contributed by atoms with Crippen molar-refractivity contribution in [2.75, 3.05) is 0 Å². The lowest BCUT2D eigenvalue weighted by atomic mass is 10.1. The van der Waals surface area contributed by atoms with E-state index in [9.17, 15) is 14.4 Å². The van der Waals surface area contributed by atoms with Crippen LogP contribution in [-0.4, -0.2) is 0 Å². The van der Waals surface area contributed by atoms with Gasteiger partial charge >= 0.3 is 0 Å². The van der Waals surface area contributed by atoms with E-state index in [4.69, 9.17) is 4.74 Å². The number of hydrogen-bond donors (Lipinski definition) is 0. The van der Waals surface area contributed by atoms with Gasteiger partial charge in [-0.1, -0.05) is 56.1 Å². The summed E-state index contributed by atoms with van der Waals surface area (Å²) in [5.41, 5.74) is 4.01. The number of ether oxygens (including phenoxy) is 1. The number of rotatable bonds is 6. The van der Waals surface area contributed by atoms with E-state index in [0.29, 0.717) is 5.56 Å². The highest BCUT2D eigenvalue weighted by Gasteiger charge is 2.07. The molecular weight excluding hydrogens is 471 g/mol. The minimum Gasteiger partial charge on any atom is -0.810 e. The molecule has 0 aliphatic rings. The Kier molecular flexibility index (Phi) is 8.37. The van der Waals surface area contributed by atoms with E-state index >= 15 is 0 Å². The van der Waals surface area contributed by atoms with Gasteiger partial charge in [0.2, 0.25) is 5.69 Å². The number of nitrogens with zero attached hydrogens (tertiary/aromatic N) is 1. The lowest BCUT2D eigenvalue weighted by Gasteiger charge is -2.29. The molecule has 0 aliphatic carbocycles. The molecule has 0 saturated carbocycles. The van der Waals surface area contributed by atoms with Gasteiger partial charge < -0.3 is 19.1 Å². The number of benzene rings is 3. The molecule has 3 aromatic carbocycles. The van der Waals surface area contributed by atoms with Crippen LogP contribution in [0.4, 0.5) is 0 Å². The summed E-state index contributed by atoms with van der Waals surface area (Å²) in [5, 5.41) is 0. The van der Waals surface area contributed by atoms with Crippen LogP contribution in [0, 0.1) is 0 Å². The van der Waals surface area contributed by atoms with E-state index in [1.807, 2.05) is 54.9 Å². The van der Waals surface area contributed by atoms with Crippen LogP contribution in [0.25, 0.3) is 16.8 Å². The summed E-state index contributed by atoms with van der Waals surface area (Å²) in [6.07, 6.45) is 7.61. The molecule has 0 unspecified atom stereocenters. The summed E-state index contributed by atoms with van der Waals surface area (Å²) in [6, 6.07) is 34.6. The van der Waals surface area contributed by atoms with Crippen molar-refractivity contribution in [2.45, 2.75) is 6.16 Å². The molecule has 0 saturated heterocycles. The fourth-order valence-electron chi connectivity index (χ4n) is 3.49. The van der Waals surface area contributed by atoms with Crippen molar-refractivity contribution in [1.29, 1.82) is 0 Å². The van der Waals surface area contributed by atoms with Crippen molar-refractivity contribution in [3.63, 3.8) is 0 Å². The molecular formula is C29H25N2O4P. The second kappa shape index (κ2) is 12.0. The molecule has 0 amide bonds. The predicted molar refractivity (Wildman–Crippen MR) is 134 cm³/mol. The van der Waals surface area contributed by atoms with Crippen molar-refractivity contribution in [2.24, 2.45) is 0 Å². The standard InChI is InChI=1S/C22H17N2O.C7H9O3P/c1-2-4-21(5-3-1)25-22-8-6-20(7-9-22)24-16-12-19(13-17-24)18-10-14-23-15-11-18;8-11(9,10)6-7-4-2-1-3-5-7/h1-17H;1-5H,6H2,(H2,8,9,10)/q+1;/p-1. The lowest BCUT2D eigenvalue weighted by Crippen LogP contribution is -2.28. The number of aromatic amines is 1. The maximum Gasteiger partial charge on any atom is 0.210 e. The quantitative estimate of drug-likeness (QED) is 0.258. The summed E-state index contributed by atoms with van der Waals surface area (Å²) in [6.45, 7) is 0. The van der Waals surface area contributed by atoms with E-state index in [1.165, 1.54) is 11.1 Å². The molecule has 5 rings (SSSR count). The molecule has 0 bridgehead atoms. The maximum absolute atomic E-state index is 10.3. The normalized spacial score (nSPS) is 10.7. The topological polar surface area (TPSA) is 90.4 Å². The van der Waals surface area contributed by atoms with E-state index in [2.05, 4.69) is 58.3 Å². The molecule has 5 aromatic rings. The monoisotopic (exact) mass is 496 g/mol. The Hall–Kier alpha value is -4.09. The number of hydrogen-bond acceptors (Lipinski definition) is 4. The van der Waals surface area contributed by atoms with E-state index in [0.717, 1.165) is 17.2 Å². The number of aromatic nitrogens is 2. The summed E-state index contributed by atoms with van der Waals surface area (Å²) >= 11 is 0. The minimum absolute atomic E-state index is 0.395. The van der Waals surface area contributed by atoms with Gasteiger partial charge in [-0.05, 0) is 41.0 Å². The van der Waals surface area contributed by atoms with Crippen molar-refractivity contribution in [3.8, 4) is 28.3 Å². The van der Waals surface area contributed by atoms with Gasteiger partial charge in [0, 0.05) is 42.6 Å². The smallest absolute Gasteiger partial charge is 0.210 e. The molecule has 0 spiro atoms. The van der Waals surface area contributed by atoms with Gasteiger partial charge in [0.05, 0.1) is 0 Å². The largest absolute Gasteiger partial charge is 0.810 e. The zero-order chi connectivity index (χ0) is 25.2. The summed E-state index contributed by atoms with van der Waals surface area (Å²) in [7, 11) is -4.39. The molecule has 2 heterocycles. The van der Waals surface area contributed by atoms with Crippen LogP contribution in [0.1, 0.15) is 5.56 Å². The first-order valence-corrected chi connectivity index (χ1v) is 13.1. The van der Waals surface area contributed by atoms with Gasteiger partial charge in [0.1, 0.15) is 11.5 Å². The van der Waals surface area contributed by atoms with Gasteiger partial charge in [0.15, 0.2) is 24.8 Å². The molecule has 1 N–H and O–H groups in total. The zero-order valence-corrected chi connectivity index (χ0v) is 20.3. The fourth-order valence-corrected chi connectivity index (χ4v) is 4.15. The van der Waals surface area contributed by atoms with Crippen molar-refractivity contribution < 1.29 is 28.6 Å². The van der Waals surface area contributed by atoms with Crippen LogP contribution in [-0.2, 0) is 10.7 Å². The van der Waals surface area contributed by atoms with Crippen LogP contribution < -0.4 is 24.1 Å². The molecule has 6 nitrogen and oxygen atoms in total. The van der Waals surface area contributed by atoms with Crippen LogP contribution in [0.2, 0.25) is 0 Å². The predicted octanol–water partition coefficient (Wildman–Crippen LogP) is 4.34. The second-order valence-electron chi connectivity index (χ2n) is 7.95. The Morgan fingerprint density at radius 3 is 1.78 bits per heavy atom.